The first-order valence-electron chi connectivity index (χ1n) is 21.6. The highest BCUT2D eigenvalue weighted by molar-refractivity contribution is 7.47. The van der Waals surface area contributed by atoms with Crippen LogP contribution in [0, 0.1) is 0 Å². The molecule has 0 aromatic carbocycles. The van der Waals surface area contributed by atoms with E-state index in [0.29, 0.717) is 19.8 Å². The first kappa shape index (κ1) is 49.0. The van der Waals surface area contributed by atoms with Gasteiger partial charge >= 0.3 is 7.82 Å². The molecule has 0 aliphatic carbocycles. The number of unbranched alkanes of at least 4 members (excludes halogenated alkanes) is 30. The Morgan fingerprint density at radius 1 is 0.449 bits per heavy atom. The van der Waals surface area contributed by atoms with Crippen LogP contribution in [-0.4, -0.2) is 50.6 Å². The fourth-order valence-corrected chi connectivity index (χ4v) is 7.16. The Labute approximate surface area is 305 Å². The topological polar surface area (TPSA) is 100 Å². The third-order valence-corrected chi connectivity index (χ3v) is 10.6. The van der Waals surface area contributed by atoms with Crippen molar-refractivity contribution in [2.75, 3.05) is 39.6 Å². The third-order valence-electron chi connectivity index (χ3n) is 9.59. The summed E-state index contributed by atoms with van der Waals surface area (Å²) in [6.07, 6.45) is 42.6. The number of ether oxygens (including phenoxy) is 2. The first-order chi connectivity index (χ1) is 24.1. The molecule has 0 bridgehead atoms. The number of hydrogen-bond acceptors (Lipinski definition) is 6. The monoisotopic (exact) mass is 720 g/mol. The quantitative estimate of drug-likeness (QED) is 0.0478. The summed E-state index contributed by atoms with van der Waals surface area (Å²) < 4.78 is 34.1. The molecule has 0 radical (unpaired) electrons. The molecular weight excluding hydrogens is 633 g/mol. The molecule has 0 aliphatic rings. The van der Waals surface area contributed by atoms with Crippen molar-refractivity contribution in [2.24, 2.45) is 5.73 Å². The average molecular weight is 720 g/mol. The number of hydrogen-bond donors (Lipinski definition) is 2. The van der Waals surface area contributed by atoms with Crippen molar-refractivity contribution in [1.29, 1.82) is 0 Å². The van der Waals surface area contributed by atoms with Crippen molar-refractivity contribution >= 4 is 7.82 Å². The summed E-state index contributed by atoms with van der Waals surface area (Å²) in [5.74, 6) is 0. The van der Waals surface area contributed by atoms with Gasteiger partial charge in [-0.2, -0.15) is 0 Å². The van der Waals surface area contributed by atoms with Gasteiger partial charge in [-0.15, -0.1) is 0 Å². The number of phosphoric ester groups is 1. The largest absolute Gasteiger partial charge is 0.472 e. The lowest BCUT2D eigenvalue weighted by atomic mass is 10.0. The van der Waals surface area contributed by atoms with Gasteiger partial charge < -0.3 is 20.1 Å². The molecule has 296 valence electrons. The minimum Gasteiger partial charge on any atom is -0.379 e. The highest BCUT2D eigenvalue weighted by atomic mass is 31.2. The Bertz CT molecular complexity index is 670. The standard InChI is InChI=1S/C41H86NO6P/c1-3-5-7-9-11-13-15-17-19-20-21-22-23-25-27-29-31-33-36-45-39-41(40-48-49(43,44)47-38-35-42)46-37-34-32-30-28-26-24-18-16-14-12-10-8-6-4-2/h41H,3-40,42H2,1-2H3,(H,43,44)/t41-/m1/s1. The number of nitrogens with two attached hydrogens (primary N) is 1. The summed E-state index contributed by atoms with van der Waals surface area (Å²) in [7, 11) is -4.13. The predicted molar refractivity (Wildman–Crippen MR) is 210 cm³/mol. The van der Waals surface area contributed by atoms with E-state index >= 15 is 0 Å². The molecule has 8 heteroatoms. The molecule has 0 heterocycles. The van der Waals surface area contributed by atoms with Gasteiger partial charge in [-0.1, -0.05) is 206 Å². The second-order valence-electron chi connectivity index (χ2n) is 14.6. The zero-order valence-corrected chi connectivity index (χ0v) is 33.9. The van der Waals surface area contributed by atoms with Gasteiger partial charge in [0.05, 0.1) is 19.8 Å². The van der Waals surface area contributed by atoms with Gasteiger partial charge in [-0.3, -0.25) is 9.05 Å². The Kier molecular flexibility index (Phi) is 40.7. The van der Waals surface area contributed by atoms with Crippen molar-refractivity contribution in [2.45, 2.75) is 225 Å². The second kappa shape index (κ2) is 40.8. The van der Waals surface area contributed by atoms with Crippen LogP contribution in [0.2, 0.25) is 0 Å². The van der Waals surface area contributed by atoms with Crippen LogP contribution in [0.15, 0.2) is 0 Å². The lowest BCUT2D eigenvalue weighted by Gasteiger charge is -2.20. The van der Waals surface area contributed by atoms with Crippen molar-refractivity contribution < 1.29 is 28.0 Å². The van der Waals surface area contributed by atoms with Gasteiger partial charge in [-0.25, -0.2) is 4.57 Å². The summed E-state index contributed by atoms with van der Waals surface area (Å²) in [6, 6.07) is 0. The molecule has 3 N–H and O–H groups in total. The van der Waals surface area contributed by atoms with Gasteiger partial charge in [0.2, 0.25) is 0 Å². The van der Waals surface area contributed by atoms with E-state index in [2.05, 4.69) is 13.8 Å². The Balaban J connectivity index is 3.83. The van der Waals surface area contributed by atoms with Crippen molar-refractivity contribution in [3.05, 3.63) is 0 Å². The normalized spacial score (nSPS) is 13.6. The molecule has 0 aromatic heterocycles. The van der Waals surface area contributed by atoms with Crippen molar-refractivity contribution in [3.63, 3.8) is 0 Å². The van der Waals surface area contributed by atoms with Crippen LogP contribution in [0.25, 0.3) is 0 Å². The lowest BCUT2D eigenvalue weighted by Crippen LogP contribution is -2.26. The predicted octanol–water partition coefficient (Wildman–Crippen LogP) is 13.0. The van der Waals surface area contributed by atoms with Crippen LogP contribution in [-0.2, 0) is 23.1 Å². The maximum atomic E-state index is 12.1. The molecule has 0 amide bonds. The molecule has 0 aromatic rings. The summed E-state index contributed by atoms with van der Waals surface area (Å²) in [5.41, 5.74) is 5.39. The van der Waals surface area contributed by atoms with Crippen molar-refractivity contribution in [3.8, 4) is 0 Å². The van der Waals surface area contributed by atoms with E-state index in [0.717, 1.165) is 19.3 Å². The second-order valence-corrected chi connectivity index (χ2v) is 16.0. The van der Waals surface area contributed by atoms with Crippen LogP contribution >= 0.6 is 7.82 Å². The molecule has 0 spiro atoms. The molecular formula is C41H86NO6P. The zero-order valence-electron chi connectivity index (χ0n) is 33.0. The number of rotatable bonds is 43. The third kappa shape index (κ3) is 40.6. The van der Waals surface area contributed by atoms with Gasteiger partial charge in [0.15, 0.2) is 0 Å². The fraction of sp³-hybridized carbons (Fsp3) is 1.00. The minimum absolute atomic E-state index is 0.0196. The summed E-state index contributed by atoms with van der Waals surface area (Å²) >= 11 is 0. The number of phosphoric acid groups is 1. The highest BCUT2D eigenvalue weighted by Gasteiger charge is 2.23. The SMILES string of the molecule is CCCCCCCCCCCCCCCCCCCCOC[C@H](COP(=O)(O)OCCN)OCCCCCCCCCCCCCCCC. The minimum atomic E-state index is -4.13. The van der Waals surface area contributed by atoms with E-state index in [1.54, 1.807) is 0 Å². The average Bonchev–Trinajstić information content (AvgIpc) is 3.10. The van der Waals surface area contributed by atoms with Crippen molar-refractivity contribution in [1.82, 2.24) is 0 Å². The summed E-state index contributed by atoms with van der Waals surface area (Å²) in [5, 5.41) is 0. The Morgan fingerprint density at radius 3 is 1.12 bits per heavy atom. The summed E-state index contributed by atoms with van der Waals surface area (Å²) in [6.45, 7) is 6.31. The van der Waals surface area contributed by atoms with Crippen LogP contribution in [0.4, 0.5) is 0 Å². The molecule has 49 heavy (non-hydrogen) atoms. The molecule has 0 saturated heterocycles. The molecule has 0 saturated carbocycles. The summed E-state index contributed by atoms with van der Waals surface area (Å²) in [4.78, 5) is 9.90. The van der Waals surface area contributed by atoms with E-state index in [1.165, 1.54) is 186 Å². The van der Waals surface area contributed by atoms with E-state index < -0.39 is 7.82 Å². The molecule has 1 unspecified atom stereocenters. The van der Waals surface area contributed by atoms with Crippen LogP contribution in [0.5, 0.6) is 0 Å². The van der Waals surface area contributed by atoms with Gasteiger partial charge in [0.1, 0.15) is 6.10 Å². The zero-order chi connectivity index (χ0) is 35.8. The smallest absolute Gasteiger partial charge is 0.379 e. The van der Waals surface area contributed by atoms with E-state index in [-0.39, 0.29) is 25.9 Å². The van der Waals surface area contributed by atoms with Gasteiger partial charge in [0, 0.05) is 19.8 Å². The van der Waals surface area contributed by atoms with Crippen LogP contribution in [0.1, 0.15) is 219 Å². The Morgan fingerprint density at radius 2 is 0.776 bits per heavy atom. The maximum absolute atomic E-state index is 12.1. The molecule has 0 rings (SSSR count). The van der Waals surface area contributed by atoms with Crippen LogP contribution < -0.4 is 5.73 Å². The van der Waals surface area contributed by atoms with E-state index in [9.17, 15) is 9.46 Å². The fourth-order valence-electron chi connectivity index (χ4n) is 6.39. The highest BCUT2D eigenvalue weighted by Crippen LogP contribution is 2.43. The van der Waals surface area contributed by atoms with E-state index in [4.69, 9.17) is 24.3 Å². The molecule has 0 aliphatic heterocycles. The van der Waals surface area contributed by atoms with Gasteiger partial charge in [-0.05, 0) is 12.8 Å². The first-order valence-corrected chi connectivity index (χ1v) is 23.1. The molecule has 2 atom stereocenters. The van der Waals surface area contributed by atoms with Crippen LogP contribution in [0.3, 0.4) is 0 Å². The molecule has 0 fully saturated rings. The lowest BCUT2D eigenvalue weighted by molar-refractivity contribution is -0.0443. The maximum Gasteiger partial charge on any atom is 0.472 e. The molecule has 7 nitrogen and oxygen atoms in total. The van der Waals surface area contributed by atoms with E-state index in [1.807, 2.05) is 0 Å². The Hall–Kier alpha value is -0.0100. The van der Waals surface area contributed by atoms with Gasteiger partial charge in [0.25, 0.3) is 0 Å².